The first kappa shape index (κ1) is 15.5. The summed E-state index contributed by atoms with van der Waals surface area (Å²) >= 11 is 0. The number of carbonyl (C=O) groups is 2. The van der Waals surface area contributed by atoms with Gasteiger partial charge in [-0.15, -0.1) is 0 Å². The second-order valence-electron chi connectivity index (χ2n) is 5.41. The average molecular weight is 291 g/mol. The summed E-state index contributed by atoms with van der Waals surface area (Å²) in [5.41, 5.74) is 1.58. The maximum atomic E-state index is 12.4. The molecular weight excluding hydrogens is 270 g/mol. The number of Topliss-reactive ketones (excluding diaryl/α,β-unsaturated/α-hetero) is 1. The second kappa shape index (κ2) is 6.72. The van der Waals surface area contributed by atoms with E-state index in [0.29, 0.717) is 30.7 Å². The fraction of sp³-hybridized carbons (Fsp3) is 0.500. The number of ketones is 1. The predicted octanol–water partition coefficient (Wildman–Crippen LogP) is 2.13. The Bertz CT molecular complexity index is 541. The van der Waals surface area contributed by atoms with Crippen molar-refractivity contribution in [1.82, 2.24) is 4.90 Å². The van der Waals surface area contributed by atoms with Crippen LogP contribution < -0.4 is 4.74 Å². The summed E-state index contributed by atoms with van der Waals surface area (Å²) in [4.78, 5) is 25.4. The molecule has 0 saturated carbocycles. The number of nitrogens with zero attached hydrogens (tertiary/aromatic N) is 1. The molecule has 1 aliphatic heterocycles. The highest BCUT2D eigenvalue weighted by atomic mass is 16.5. The monoisotopic (exact) mass is 291 g/mol. The van der Waals surface area contributed by atoms with Crippen LogP contribution in [0.15, 0.2) is 18.2 Å². The van der Waals surface area contributed by atoms with E-state index >= 15 is 0 Å². The zero-order valence-electron chi connectivity index (χ0n) is 12.5. The summed E-state index contributed by atoms with van der Waals surface area (Å²) < 4.78 is 5.22. The third kappa shape index (κ3) is 3.61. The molecule has 1 aliphatic rings. The van der Waals surface area contributed by atoms with Crippen LogP contribution in [0.3, 0.4) is 0 Å². The van der Waals surface area contributed by atoms with Crippen molar-refractivity contribution in [2.45, 2.75) is 32.2 Å². The Kier molecular flexibility index (Phi) is 4.96. The second-order valence-corrected chi connectivity index (χ2v) is 5.41. The molecule has 5 nitrogen and oxygen atoms in total. The largest absolute Gasteiger partial charge is 0.496 e. The van der Waals surface area contributed by atoms with Gasteiger partial charge in [-0.2, -0.15) is 0 Å². The summed E-state index contributed by atoms with van der Waals surface area (Å²) in [6, 6.07) is 5.06. The highest BCUT2D eigenvalue weighted by Gasteiger charge is 2.30. The number of carboxylic acids is 1. The van der Waals surface area contributed by atoms with Gasteiger partial charge in [-0.25, -0.2) is 0 Å². The highest BCUT2D eigenvalue weighted by molar-refractivity contribution is 5.99. The van der Waals surface area contributed by atoms with Crippen molar-refractivity contribution in [3.8, 4) is 5.75 Å². The van der Waals surface area contributed by atoms with Crippen LogP contribution in [0.2, 0.25) is 0 Å². The smallest absolute Gasteiger partial charge is 0.320 e. The molecule has 0 aliphatic carbocycles. The highest BCUT2D eigenvalue weighted by Crippen LogP contribution is 2.23. The van der Waals surface area contributed by atoms with Gasteiger partial charge < -0.3 is 9.84 Å². The minimum absolute atomic E-state index is 0.00779. The molecular formula is C16H21NO4. The molecule has 0 spiro atoms. The predicted molar refractivity (Wildman–Crippen MR) is 78.9 cm³/mol. The van der Waals surface area contributed by atoms with Crippen molar-refractivity contribution in [2.24, 2.45) is 0 Å². The number of carboxylic acid groups (broad SMARTS) is 1. The molecule has 0 aromatic heterocycles. The Hall–Kier alpha value is -1.88. The summed E-state index contributed by atoms with van der Waals surface area (Å²) in [5.74, 6) is -0.235. The topological polar surface area (TPSA) is 66.8 Å². The molecule has 1 saturated heterocycles. The lowest BCUT2D eigenvalue weighted by atomic mass is 10.0. The molecule has 1 N–H and O–H groups in total. The molecule has 1 unspecified atom stereocenters. The van der Waals surface area contributed by atoms with Crippen molar-refractivity contribution in [3.05, 3.63) is 29.3 Å². The Morgan fingerprint density at radius 1 is 1.43 bits per heavy atom. The SMILES string of the molecule is COc1ccc(C)cc1C(=O)CCN1CCCC1C(=O)O. The van der Waals surface area contributed by atoms with Gasteiger partial charge in [-0.1, -0.05) is 11.6 Å². The van der Waals surface area contributed by atoms with Crippen molar-refractivity contribution >= 4 is 11.8 Å². The number of aliphatic carboxylic acids is 1. The van der Waals surface area contributed by atoms with E-state index in [0.717, 1.165) is 18.5 Å². The fourth-order valence-corrected chi connectivity index (χ4v) is 2.79. The van der Waals surface area contributed by atoms with Crippen molar-refractivity contribution in [1.29, 1.82) is 0 Å². The number of aryl methyl sites for hydroxylation is 1. The maximum Gasteiger partial charge on any atom is 0.320 e. The number of benzene rings is 1. The molecule has 1 fully saturated rings. The Labute approximate surface area is 124 Å². The van der Waals surface area contributed by atoms with Crippen LogP contribution in [0.1, 0.15) is 35.2 Å². The molecule has 0 bridgehead atoms. The lowest BCUT2D eigenvalue weighted by Crippen LogP contribution is -2.37. The van der Waals surface area contributed by atoms with Gasteiger partial charge in [0.25, 0.3) is 0 Å². The Morgan fingerprint density at radius 2 is 2.19 bits per heavy atom. The standard InChI is InChI=1S/C16H21NO4/c1-11-5-6-15(21-2)12(10-11)14(18)7-9-17-8-3-4-13(17)16(19)20/h5-6,10,13H,3-4,7-9H2,1-2H3,(H,19,20). The van der Waals surface area contributed by atoms with Crippen LogP contribution in [0.4, 0.5) is 0 Å². The number of rotatable bonds is 6. The molecule has 1 aromatic carbocycles. The van der Waals surface area contributed by atoms with Gasteiger partial charge in [0.05, 0.1) is 12.7 Å². The van der Waals surface area contributed by atoms with Gasteiger partial charge in [0, 0.05) is 13.0 Å². The van der Waals surface area contributed by atoms with Crippen molar-refractivity contribution < 1.29 is 19.4 Å². The van der Waals surface area contributed by atoms with Gasteiger partial charge in [0.1, 0.15) is 11.8 Å². The van der Waals surface area contributed by atoms with Crippen LogP contribution in [0.25, 0.3) is 0 Å². The van der Waals surface area contributed by atoms with E-state index in [1.807, 2.05) is 24.0 Å². The van der Waals surface area contributed by atoms with Crippen LogP contribution in [0, 0.1) is 6.92 Å². The van der Waals surface area contributed by atoms with Gasteiger partial charge in [-0.3, -0.25) is 14.5 Å². The third-order valence-electron chi connectivity index (χ3n) is 3.93. The van der Waals surface area contributed by atoms with Gasteiger partial charge in [-0.05, 0) is 38.4 Å². The number of carbonyl (C=O) groups excluding carboxylic acids is 1. The van der Waals surface area contributed by atoms with Crippen LogP contribution in [-0.2, 0) is 4.79 Å². The molecule has 1 aromatic rings. The van der Waals surface area contributed by atoms with E-state index in [1.165, 1.54) is 0 Å². The molecule has 1 atom stereocenters. The van der Waals surface area contributed by atoms with Crippen molar-refractivity contribution in [2.75, 3.05) is 20.2 Å². The summed E-state index contributed by atoms with van der Waals surface area (Å²) in [6.07, 6.45) is 1.85. The minimum atomic E-state index is -0.798. The average Bonchev–Trinajstić information content (AvgIpc) is 2.93. The van der Waals surface area contributed by atoms with Crippen LogP contribution >= 0.6 is 0 Å². The lowest BCUT2D eigenvalue weighted by molar-refractivity contribution is -0.142. The number of methoxy groups -OCH3 is 1. The van der Waals surface area contributed by atoms with Gasteiger partial charge in [0.2, 0.25) is 0 Å². The fourth-order valence-electron chi connectivity index (χ4n) is 2.79. The zero-order chi connectivity index (χ0) is 15.4. The quantitative estimate of drug-likeness (QED) is 0.813. The van der Waals surface area contributed by atoms with E-state index in [-0.39, 0.29) is 5.78 Å². The van der Waals surface area contributed by atoms with E-state index < -0.39 is 12.0 Å². The molecule has 21 heavy (non-hydrogen) atoms. The van der Waals surface area contributed by atoms with E-state index in [9.17, 15) is 9.59 Å². The van der Waals surface area contributed by atoms with E-state index in [1.54, 1.807) is 13.2 Å². The van der Waals surface area contributed by atoms with Crippen molar-refractivity contribution in [3.63, 3.8) is 0 Å². The number of hydrogen-bond donors (Lipinski definition) is 1. The third-order valence-corrected chi connectivity index (χ3v) is 3.93. The van der Waals surface area contributed by atoms with Crippen LogP contribution in [-0.4, -0.2) is 48.0 Å². The first-order chi connectivity index (χ1) is 10.0. The van der Waals surface area contributed by atoms with Crippen LogP contribution in [0.5, 0.6) is 5.75 Å². The minimum Gasteiger partial charge on any atom is -0.496 e. The zero-order valence-corrected chi connectivity index (χ0v) is 12.5. The summed E-state index contributed by atoms with van der Waals surface area (Å²) in [7, 11) is 1.54. The number of likely N-dealkylation sites (tertiary alicyclic amines) is 1. The number of hydrogen-bond acceptors (Lipinski definition) is 4. The lowest BCUT2D eigenvalue weighted by Gasteiger charge is -2.20. The Balaban J connectivity index is 2.02. The first-order valence-corrected chi connectivity index (χ1v) is 7.17. The summed E-state index contributed by atoms with van der Waals surface area (Å²) in [5, 5.41) is 9.14. The Morgan fingerprint density at radius 3 is 2.86 bits per heavy atom. The molecule has 1 heterocycles. The molecule has 114 valence electrons. The van der Waals surface area contributed by atoms with E-state index in [2.05, 4.69) is 0 Å². The maximum absolute atomic E-state index is 12.4. The number of ether oxygens (including phenoxy) is 1. The molecule has 5 heteroatoms. The van der Waals surface area contributed by atoms with Gasteiger partial charge in [0.15, 0.2) is 5.78 Å². The molecule has 0 radical (unpaired) electrons. The normalized spacial score (nSPS) is 18.7. The van der Waals surface area contributed by atoms with Gasteiger partial charge >= 0.3 is 5.97 Å². The first-order valence-electron chi connectivity index (χ1n) is 7.17. The van der Waals surface area contributed by atoms with E-state index in [4.69, 9.17) is 9.84 Å². The molecule has 2 rings (SSSR count). The summed E-state index contributed by atoms with van der Waals surface area (Å²) in [6.45, 7) is 3.15. The molecule has 0 amide bonds.